The Morgan fingerprint density at radius 2 is 1.52 bits per heavy atom. The standard InChI is InChI=1S/C14H28O5S.K/c1-2-3-4-5-8-11-14(15)19-12-9-6-7-10-13-20(16,17)18;/h2-13H2,1H3,(H,16,17,18);. The SMILES string of the molecule is CCCCCCCC(=O)OCCCCCCS(=O)(=O)O.[K]. The van der Waals surface area contributed by atoms with Gasteiger partial charge in [0.25, 0.3) is 10.1 Å². The third kappa shape index (κ3) is 21.0. The summed E-state index contributed by atoms with van der Waals surface area (Å²) in [6.07, 6.45) is 8.78. The van der Waals surface area contributed by atoms with E-state index in [1.54, 1.807) is 0 Å². The number of esters is 1. The number of hydrogen-bond acceptors (Lipinski definition) is 4. The van der Waals surface area contributed by atoms with Crippen LogP contribution in [0.2, 0.25) is 0 Å². The first-order valence-corrected chi connectivity index (χ1v) is 9.17. The van der Waals surface area contributed by atoms with Crippen molar-refractivity contribution >= 4 is 67.5 Å². The normalized spacial score (nSPS) is 11.0. The molecule has 0 aromatic rings. The summed E-state index contributed by atoms with van der Waals surface area (Å²) in [5.41, 5.74) is 0. The van der Waals surface area contributed by atoms with Gasteiger partial charge in [-0.05, 0) is 19.3 Å². The van der Waals surface area contributed by atoms with Crippen molar-refractivity contribution < 1.29 is 22.5 Å². The number of carbonyl (C=O) groups is 1. The summed E-state index contributed by atoms with van der Waals surface area (Å²) in [5, 5.41) is 0. The van der Waals surface area contributed by atoms with Crippen molar-refractivity contribution in [1.29, 1.82) is 0 Å². The Morgan fingerprint density at radius 3 is 2.14 bits per heavy atom. The smallest absolute Gasteiger partial charge is 0.305 e. The minimum atomic E-state index is -3.83. The van der Waals surface area contributed by atoms with E-state index in [0.717, 1.165) is 25.7 Å². The van der Waals surface area contributed by atoms with E-state index in [1.165, 1.54) is 19.3 Å². The molecule has 1 radical (unpaired) electrons. The van der Waals surface area contributed by atoms with Gasteiger partial charge in [0, 0.05) is 57.8 Å². The van der Waals surface area contributed by atoms with Crippen molar-refractivity contribution in [3.63, 3.8) is 0 Å². The van der Waals surface area contributed by atoms with Crippen LogP contribution in [0, 0.1) is 0 Å². The molecule has 121 valence electrons. The third-order valence-corrected chi connectivity index (χ3v) is 3.85. The monoisotopic (exact) mass is 347 g/mol. The molecule has 7 heteroatoms. The fourth-order valence-electron chi connectivity index (χ4n) is 1.87. The average Bonchev–Trinajstić information content (AvgIpc) is 2.36. The maximum Gasteiger partial charge on any atom is 0.305 e. The Kier molecular flexibility index (Phi) is 18.4. The molecule has 0 aliphatic carbocycles. The number of rotatable bonds is 13. The van der Waals surface area contributed by atoms with Crippen molar-refractivity contribution in [3.05, 3.63) is 0 Å². The Labute approximate surface area is 171 Å². The van der Waals surface area contributed by atoms with Gasteiger partial charge in [0.15, 0.2) is 0 Å². The fourth-order valence-corrected chi connectivity index (χ4v) is 2.44. The number of hydrogen-bond donors (Lipinski definition) is 1. The molecule has 0 saturated heterocycles. The van der Waals surface area contributed by atoms with Crippen molar-refractivity contribution in [2.45, 2.75) is 71.1 Å². The van der Waals surface area contributed by atoms with Crippen molar-refractivity contribution in [1.82, 2.24) is 0 Å². The first-order chi connectivity index (χ1) is 9.45. The van der Waals surface area contributed by atoms with E-state index >= 15 is 0 Å². The summed E-state index contributed by atoms with van der Waals surface area (Å²) in [7, 11) is -3.83. The molecule has 1 N–H and O–H groups in total. The van der Waals surface area contributed by atoms with Gasteiger partial charge < -0.3 is 4.74 Å². The van der Waals surface area contributed by atoms with Gasteiger partial charge in [-0.2, -0.15) is 8.42 Å². The van der Waals surface area contributed by atoms with E-state index in [2.05, 4.69) is 6.92 Å². The fraction of sp³-hybridized carbons (Fsp3) is 0.929. The quantitative estimate of drug-likeness (QED) is 0.240. The molecule has 0 aromatic heterocycles. The van der Waals surface area contributed by atoms with Gasteiger partial charge >= 0.3 is 5.97 Å². The molecule has 0 aliphatic rings. The molecule has 0 saturated carbocycles. The van der Waals surface area contributed by atoms with Gasteiger partial charge in [0.05, 0.1) is 12.4 Å². The summed E-state index contributed by atoms with van der Waals surface area (Å²) in [5.74, 6) is -0.329. The maximum absolute atomic E-state index is 11.4. The van der Waals surface area contributed by atoms with Crippen LogP contribution in [0.5, 0.6) is 0 Å². The van der Waals surface area contributed by atoms with Gasteiger partial charge in [-0.25, -0.2) is 0 Å². The van der Waals surface area contributed by atoms with Gasteiger partial charge in [-0.3, -0.25) is 9.35 Å². The molecule has 0 atom stereocenters. The molecule has 0 rings (SSSR count). The van der Waals surface area contributed by atoms with Gasteiger partial charge in [0.1, 0.15) is 0 Å². The summed E-state index contributed by atoms with van der Waals surface area (Å²) >= 11 is 0. The molecule has 0 aromatic carbocycles. The first kappa shape index (κ1) is 24.3. The van der Waals surface area contributed by atoms with Crippen LogP contribution in [0.25, 0.3) is 0 Å². The average molecular weight is 348 g/mol. The molecule has 0 bridgehead atoms. The van der Waals surface area contributed by atoms with Crippen molar-refractivity contribution in [2.75, 3.05) is 12.4 Å². The topological polar surface area (TPSA) is 80.7 Å². The second-order valence-electron chi connectivity index (χ2n) is 5.08. The van der Waals surface area contributed by atoms with Crippen LogP contribution in [-0.4, -0.2) is 82.7 Å². The van der Waals surface area contributed by atoms with Crippen LogP contribution in [-0.2, 0) is 19.6 Å². The minimum Gasteiger partial charge on any atom is -0.466 e. The molecule has 0 spiro atoms. The van der Waals surface area contributed by atoms with Crippen LogP contribution in [0.15, 0.2) is 0 Å². The number of ether oxygens (including phenoxy) is 1. The zero-order valence-electron chi connectivity index (χ0n) is 13.5. The Hall–Kier alpha value is 1.02. The Bertz CT molecular complexity index is 343. The van der Waals surface area contributed by atoms with Gasteiger partial charge in [0.2, 0.25) is 0 Å². The zero-order valence-corrected chi connectivity index (χ0v) is 17.4. The third-order valence-electron chi connectivity index (χ3n) is 3.04. The van der Waals surface area contributed by atoms with E-state index < -0.39 is 10.1 Å². The number of carbonyl (C=O) groups excluding carboxylic acids is 1. The summed E-state index contributed by atoms with van der Waals surface area (Å²) in [4.78, 5) is 11.4. The summed E-state index contributed by atoms with van der Waals surface area (Å²) < 4.78 is 34.5. The minimum absolute atomic E-state index is 0. The molecule has 0 heterocycles. The Morgan fingerprint density at radius 1 is 0.952 bits per heavy atom. The van der Waals surface area contributed by atoms with Crippen LogP contribution in [0.4, 0.5) is 0 Å². The second kappa shape index (κ2) is 15.9. The molecule has 5 nitrogen and oxygen atoms in total. The molecule has 0 amide bonds. The van der Waals surface area contributed by atoms with E-state index in [4.69, 9.17) is 9.29 Å². The number of unbranched alkanes of at least 4 members (excludes halogenated alkanes) is 7. The molecule has 0 fully saturated rings. The van der Waals surface area contributed by atoms with E-state index in [1.807, 2.05) is 0 Å². The molecule has 0 unspecified atom stereocenters. The first-order valence-electron chi connectivity index (χ1n) is 7.56. The van der Waals surface area contributed by atoms with E-state index in [9.17, 15) is 13.2 Å². The predicted octanol–water partition coefficient (Wildman–Crippen LogP) is 2.96. The predicted molar refractivity (Wildman–Crippen MR) is 85.0 cm³/mol. The van der Waals surface area contributed by atoms with Gasteiger partial charge in [-0.1, -0.05) is 45.4 Å². The van der Waals surface area contributed by atoms with Crippen molar-refractivity contribution in [3.8, 4) is 0 Å². The largest absolute Gasteiger partial charge is 0.466 e. The molecular formula is C14H28KO5S. The Balaban J connectivity index is 0. The van der Waals surface area contributed by atoms with Crippen molar-refractivity contribution in [2.24, 2.45) is 0 Å². The summed E-state index contributed by atoms with van der Waals surface area (Å²) in [6, 6.07) is 0. The maximum atomic E-state index is 11.4. The van der Waals surface area contributed by atoms with E-state index in [0.29, 0.717) is 25.9 Å². The van der Waals surface area contributed by atoms with Crippen LogP contribution < -0.4 is 0 Å². The van der Waals surface area contributed by atoms with Crippen LogP contribution in [0.3, 0.4) is 0 Å². The molecular weight excluding hydrogens is 319 g/mol. The molecule has 21 heavy (non-hydrogen) atoms. The zero-order chi connectivity index (χ0) is 15.3. The second-order valence-corrected chi connectivity index (χ2v) is 6.66. The molecule has 0 aliphatic heterocycles. The van der Waals surface area contributed by atoms with Gasteiger partial charge in [-0.15, -0.1) is 0 Å². The van der Waals surface area contributed by atoms with Crippen LogP contribution >= 0.6 is 0 Å². The van der Waals surface area contributed by atoms with E-state index in [-0.39, 0.29) is 63.1 Å². The summed E-state index contributed by atoms with van der Waals surface area (Å²) in [6.45, 7) is 2.56. The van der Waals surface area contributed by atoms with Crippen LogP contribution in [0.1, 0.15) is 71.1 Å².